The molecule has 0 saturated carbocycles. The minimum atomic E-state index is -0.0622. The van der Waals surface area contributed by atoms with Gasteiger partial charge < -0.3 is 4.42 Å². The Balaban J connectivity index is 1.29. The molecule has 0 saturated heterocycles. The monoisotopic (exact) mass is 586 g/mol. The lowest BCUT2D eigenvalue weighted by atomic mass is 9.81. The molecule has 0 N–H and O–H groups in total. The highest BCUT2D eigenvalue weighted by molar-refractivity contribution is 6.25. The summed E-state index contributed by atoms with van der Waals surface area (Å²) in [6.07, 6.45) is 0. The van der Waals surface area contributed by atoms with Gasteiger partial charge in [0.15, 0.2) is 0 Å². The van der Waals surface area contributed by atoms with Crippen molar-refractivity contribution < 1.29 is 4.42 Å². The van der Waals surface area contributed by atoms with Gasteiger partial charge in [-0.1, -0.05) is 129 Å². The molecule has 0 fully saturated rings. The summed E-state index contributed by atoms with van der Waals surface area (Å²) in [5, 5.41) is 9.94. The Labute approximate surface area is 267 Å². The van der Waals surface area contributed by atoms with E-state index in [2.05, 4.69) is 153 Å². The van der Waals surface area contributed by atoms with Gasteiger partial charge in [0.1, 0.15) is 11.2 Å². The third kappa shape index (κ3) is 3.40. The summed E-state index contributed by atoms with van der Waals surface area (Å²) in [4.78, 5) is 0. The zero-order valence-electron chi connectivity index (χ0n) is 25.8. The van der Waals surface area contributed by atoms with Crippen molar-refractivity contribution in [1.82, 2.24) is 0 Å². The summed E-state index contributed by atoms with van der Waals surface area (Å²) in [7, 11) is 0. The van der Waals surface area contributed by atoms with E-state index in [-0.39, 0.29) is 5.41 Å². The molecular formula is C45H30O. The molecule has 216 valence electrons. The molecule has 0 aliphatic heterocycles. The summed E-state index contributed by atoms with van der Waals surface area (Å²) >= 11 is 0. The molecule has 1 nitrogen and oxygen atoms in total. The lowest BCUT2D eigenvalue weighted by Gasteiger charge is -2.22. The summed E-state index contributed by atoms with van der Waals surface area (Å²) in [6, 6.07) is 53.5. The van der Waals surface area contributed by atoms with Gasteiger partial charge in [0.2, 0.25) is 0 Å². The van der Waals surface area contributed by atoms with Crippen LogP contribution in [0.4, 0.5) is 0 Å². The first-order valence-electron chi connectivity index (χ1n) is 16.1. The maximum atomic E-state index is 6.35. The van der Waals surface area contributed by atoms with E-state index in [0.29, 0.717) is 0 Å². The van der Waals surface area contributed by atoms with E-state index in [0.717, 1.165) is 16.6 Å². The van der Waals surface area contributed by atoms with E-state index < -0.39 is 0 Å². The smallest absolute Gasteiger partial charge is 0.136 e. The van der Waals surface area contributed by atoms with Crippen LogP contribution < -0.4 is 0 Å². The van der Waals surface area contributed by atoms with Crippen molar-refractivity contribution in [2.24, 2.45) is 0 Å². The minimum absolute atomic E-state index is 0.0622. The predicted octanol–water partition coefficient (Wildman–Crippen LogP) is 12.7. The van der Waals surface area contributed by atoms with Crippen LogP contribution >= 0.6 is 0 Å². The normalized spacial score (nSPS) is 13.6. The second-order valence-corrected chi connectivity index (χ2v) is 13.2. The Morgan fingerprint density at radius 1 is 0.413 bits per heavy atom. The fourth-order valence-corrected chi connectivity index (χ4v) is 8.31. The highest BCUT2D eigenvalue weighted by Crippen LogP contribution is 2.52. The number of rotatable bonds is 2. The van der Waals surface area contributed by atoms with E-state index in [4.69, 9.17) is 4.42 Å². The first-order chi connectivity index (χ1) is 22.6. The van der Waals surface area contributed by atoms with Crippen LogP contribution in [-0.4, -0.2) is 0 Å². The van der Waals surface area contributed by atoms with Gasteiger partial charge in [-0.3, -0.25) is 0 Å². The van der Waals surface area contributed by atoms with Crippen LogP contribution in [0, 0.1) is 0 Å². The minimum Gasteiger partial charge on any atom is -0.456 e. The van der Waals surface area contributed by atoms with Crippen molar-refractivity contribution >= 4 is 54.3 Å². The molecule has 0 unspecified atom stereocenters. The van der Waals surface area contributed by atoms with E-state index in [9.17, 15) is 0 Å². The van der Waals surface area contributed by atoms with Gasteiger partial charge in [-0.05, 0) is 107 Å². The van der Waals surface area contributed by atoms with Gasteiger partial charge in [-0.25, -0.2) is 0 Å². The van der Waals surface area contributed by atoms with Crippen LogP contribution in [0.2, 0.25) is 0 Å². The van der Waals surface area contributed by atoms with Crippen LogP contribution in [0.15, 0.2) is 150 Å². The SMILES string of the molecule is CC1(C)c2ccc(-c3c4ccccc4c(-c4cccc5oc6ccccc6c45)c4ccccc34)cc2-c2cc3ccccc3cc21. The van der Waals surface area contributed by atoms with Crippen LogP contribution in [-0.2, 0) is 5.41 Å². The molecule has 8 aromatic carbocycles. The zero-order chi connectivity index (χ0) is 30.6. The highest BCUT2D eigenvalue weighted by Gasteiger charge is 2.36. The Kier molecular flexibility index (Phi) is 5.12. The zero-order valence-corrected chi connectivity index (χ0v) is 25.8. The molecule has 0 amide bonds. The molecule has 1 aliphatic rings. The molecule has 0 atom stereocenters. The van der Waals surface area contributed by atoms with Crippen LogP contribution in [0.5, 0.6) is 0 Å². The van der Waals surface area contributed by atoms with E-state index >= 15 is 0 Å². The molecular weight excluding hydrogens is 556 g/mol. The largest absolute Gasteiger partial charge is 0.456 e. The third-order valence-electron chi connectivity index (χ3n) is 10.4. The number of para-hydroxylation sites is 1. The van der Waals surface area contributed by atoms with Crippen molar-refractivity contribution in [2.75, 3.05) is 0 Å². The molecule has 46 heavy (non-hydrogen) atoms. The fourth-order valence-electron chi connectivity index (χ4n) is 8.31. The number of fused-ring (bicyclic) bond motifs is 9. The van der Waals surface area contributed by atoms with Crippen molar-refractivity contribution in [2.45, 2.75) is 19.3 Å². The van der Waals surface area contributed by atoms with E-state index in [1.54, 1.807) is 0 Å². The van der Waals surface area contributed by atoms with Crippen LogP contribution in [0.25, 0.3) is 87.6 Å². The molecule has 0 bridgehead atoms. The highest BCUT2D eigenvalue weighted by atomic mass is 16.3. The predicted molar refractivity (Wildman–Crippen MR) is 195 cm³/mol. The molecule has 9 aromatic rings. The molecule has 1 heterocycles. The van der Waals surface area contributed by atoms with Crippen LogP contribution in [0.3, 0.4) is 0 Å². The van der Waals surface area contributed by atoms with Gasteiger partial charge in [-0.15, -0.1) is 0 Å². The number of hydrogen-bond donors (Lipinski definition) is 0. The maximum Gasteiger partial charge on any atom is 0.136 e. The Bertz CT molecular complexity index is 2660. The average molecular weight is 587 g/mol. The molecule has 10 rings (SSSR count). The Morgan fingerprint density at radius 3 is 1.70 bits per heavy atom. The standard InChI is InChI=1S/C45H30O/c1-45(2)38-23-22-29(25-36(38)37-24-27-12-3-4-13-28(27)26-39(37)45)42-30-14-5-7-16-32(30)43(33-17-8-6-15-31(33)42)35-19-11-21-41-44(35)34-18-9-10-20-40(34)46-41/h3-26H,1-2H3. The molecule has 1 heteroatoms. The topological polar surface area (TPSA) is 13.1 Å². The first-order valence-corrected chi connectivity index (χ1v) is 16.1. The van der Waals surface area contributed by atoms with Gasteiger partial charge in [-0.2, -0.15) is 0 Å². The van der Waals surface area contributed by atoms with Crippen molar-refractivity contribution in [1.29, 1.82) is 0 Å². The molecule has 1 aliphatic carbocycles. The summed E-state index contributed by atoms with van der Waals surface area (Å²) in [6.45, 7) is 4.73. The van der Waals surface area contributed by atoms with Gasteiger partial charge in [0.25, 0.3) is 0 Å². The summed E-state index contributed by atoms with van der Waals surface area (Å²) in [5.41, 5.74) is 12.3. The van der Waals surface area contributed by atoms with Gasteiger partial charge >= 0.3 is 0 Å². The van der Waals surface area contributed by atoms with E-state index in [1.807, 2.05) is 6.07 Å². The quantitative estimate of drug-likeness (QED) is 0.184. The van der Waals surface area contributed by atoms with Crippen LogP contribution in [0.1, 0.15) is 25.0 Å². The van der Waals surface area contributed by atoms with Gasteiger partial charge in [0, 0.05) is 16.2 Å². The lowest BCUT2D eigenvalue weighted by Crippen LogP contribution is -2.14. The van der Waals surface area contributed by atoms with Crippen molar-refractivity contribution in [3.8, 4) is 33.4 Å². The fraction of sp³-hybridized carbons (Fsp3) is 0.0667. The lowest BCUT2D eigenvalue weighted by molar-refractivity contribution is 0.661. The molecule has 0 spiro atoms. The second kappa shape index (κ2) is 9.19. The Morgan fingerprint density at radius 2 is 0.978 bits per heavy atom. The Hall–Kier alpha value is -5.66. The number of furan rings is 1. The molecule has 1 aromatic heterocycles. The number of benzene rings is 8. The average Bonchev–Trinajstić information content (AvgIpc) is 3.58. The van der Waals surface area contributed by atoms with E-state index in [1.165, 1.54) is 82.2 Å². The second-order valence-electron chi connectivity index (χ2n) is 13.2. The maximum absolute atomic E-state index is 6.35. The van der Waals surface area contributed by atoms with Crippen molar-refractivity contribution in [3.63, 3.8) is 0 Å². The first kappa shape index (κ1) is 25.6. The summed E-state index contributed by atoms with van der Waals surface area (Å²) in [5.74, 6) is 0. The van der Waals surface area contributed by atoms with Crippen molar-refractivity contribution in [3.05, 3.63) is 157 Å². The van der Waals surface area contributed by atoms with Gasteiger partial charge in [0.05, 0.1) is 0 Å². The molecule has 0 radical (unpaired) electrons. The number of hydrogen-bond acceptors (Lipinski definition) is 1. The third-order valence-corrected chi connectivity index (χ3v) is 10.4. The summed E-state index contributed by atoms with van der Waals surface area (Å²) < 4.78 is 6.35.